The van der Waals surface area contributed by atoms with Gasteiger partial charge in [-0.25, -0.2) is 4.79 Å². The van der Waals surface area contributed by atoms with Crippen LogP contribution in [0.2, 0.25) is 0 Å². The Bertz CT molecular complexity index is 1120. The fourth-order valence-corrected chi connectivity index (χ4v) is 4.78. The number of aromatic nitrogens is 2. The van der Waals surface area contributed by atoms with Crippen LogP contribution in [0.4, 0.5) is 11.5 Å². The molecule has 36 heavy (non-hydrogen) atoms. The maximum atomic E-state index is 11.4. The number of aliphatic imine (C=N–C) groups is 1. The molecule has 0 radical (unpaired) electrons. The topological polar surface area (TPSA) is 173 Å². The van der Waals surface area contributed by atoms with Crippen LogP contribution in [0, 0.1) is 0 Å². The van der Waals surface area contributed by atoms with Gasteiger partial charge in [-0.3, -0.25) is 14.8 Å². The van der Waals surface area contributed by atoms with E-state index in [1.54, 1.807) is 0 Å². The Morgan fingerprint density at radius 1 is 1.11 bits per heavy atom. The molecular formula is C25H36N8O3. The SMILES string of the molecule is NC(N)=NCCC(=O)NC1CCCCC1.O=c1ncc2c([nH]1)Nc1cc(C3CCNCC3)ccc1O2. The maximum absolute atomic E-state index is 11.4. The first kappa shape index (κ1) is 25.5. The number of guanidine groups is 1. The molecule has 8 N–H and O–H groups in total. The minimum absolute atomic E-state index is 0.0421. The van der Waals surface area contributed by atoms with E-state index < -0.39 is 0 Å². The number of nitrogens with zero attached hydrogens (tertiary/aromatic N) is 2. The van der Waals surface area contributed by atoms with Gasteiger partial charge < -0.3 is 32.2 Å². The number of nitrogens with two attached hydrogens (primary N) is 2. The lowest BCUT2D eigenvalue weighted by atomic mass is 9.90. The summed E-state index contributed by atoms with van der Waals surface area (Å²) < 4.78 is 5.77. The second-order valence-corrected chi connectivity index (χ2v) is 9.39. The molecule has 1 saturated heterocycles. The number of benzene rings is 1. The van der Waals surface area contributed by atoms with E-state index in [9.17, 15) is 9.59 Å². The zero-order chi connectivity index (χ0) is 25.3. The Labute approximate surface area is 210 Å². The summed E-state index contributed by atoms with van der Waals surface area (Å²) in [5.74, 6) is 2.53. The molecule has 0 atom stereocenters. The van der Waals surface area contributed by atoms with Crippen molar-refractivity contribution in [1.29, 1.82) is 0 Å². The molecule has 1 saturated carbocycles. The van der Waals surface area contributed by atoms with Crippen LogP contribution in [-0.2, 0) is 4.79 Å². The van der Waals surface area contributed by atoms with Gasteiger partial charge in [-0.05, 0) is 62.4 Å². The molecule has 5 rings (SSSR count). The van der Waals surface area contributed by atoms with Crippen molar-refractivity contribution >= 4 is 23.4 Å². The van der Waals surface area contributed by atoms with Crippen LogP contribution < -0.4 is 37.8 Å². The summed E-state index contributed by atoms with van der Waals surface area (Å²) in [7, 11) is 0. The first-order valence-electron chi connectivity index (χ1n) is 12.7. The van der Waals surface area contributed by atoms with Crippen LogP contribution in [0.15, 0.2) is 34.2 Å². The van der Waals surface area contributed by atoms with Gasteiger partial charge in [0, 0.05) is 12.5 Å². The number of hydrogen-bond donors (Lipinski definition) is 6. The zero-order valence-electron chi connectivity index (χ0n) is 20.5. The molecule has 1 amide bonds. The van der Waals surface area contributed by atoms with Gasteiger partial charge in [0.25, 0.3) is 0 Å². The number of carbonyl (C=O) groups excluding carboxylic acids is 1. The van der Waals surface area contributed by atoms with E-state index in [-0.39, 0.29) is 17.6 Å². The quantitative estimate of drug-likeness (QED) is 0.230. The van der Waals surface area contributed by atoms with Crippen LogP contribution in [0.3, 0.4) is 0 Å². The number of ether oxygens (including phenoxy) is 1. The number of amides is 1. The van der Waals surface area contributed by atoms with Crippen LogP contribution in [0.1, 0.15) is 62.8 Å². The molecule has 0 bridgehead atoms. The highest BCUT2D eigenvalue weighted by Crippen LogP contribution is 2.41. The number of carbonyl (C=O) groups is 1. The van der Waals surface area contributed by atoms with E-state index in [2.05, 4.69) is 43.0 Å². The van der Waals surface area contributed by atoms with Crippen molar-refractivity contribution in [3.8, 4) is 11.5 Å². The van der Waals surface area contributed by atoms with E-state index in [0.717, 1.165) is 50.2 Å². The summed E-state index contributed by atoms with van der Waals surface area (Å²) in [5, 5.41) is 9.61. The molecule has 0 unspecified atom stereocenters. The lowest BCUT2D eigenvalue weighted by Crippen LogP contribution is -2.36. The van der Waals surface area contributed by atoms with Crippen molar-refractivity contribution in [3.05, 3.63) is 40.4 Å². The molecule has 2 aromatic rings. The molecule has 11 nitrogen and oxygen atoms in total. The highest BCUT2D eigenvalue weighted by atomic mass is 16.5. The van der Waals surface area contributed by atoms with Crippen molar-refractivity contribution < 1.29 is 9.53 Å². The Morgan fingerprint density at radius 3 is 2.64 bits per heavy atom. The average Bonchev–Trinajstić information content (AvgIpc) is 2.88. The molecule has 1 aliphatic carbocycles. The van der Waals surface area contributed by atoms with Gasteiger partial charge in [0.1, 0.15) is 0 Å². The number of anilines is 2. The van der Waals surface area contributed by atoms with Gasteiger partial charge in [-0.15, -0.1) is 0 Å². The number of rotatable bonds is 5. The number of piperidine rings is 1. The van der Waals surface area contributed by atoms with E-state index in [1.165, 1.54) is 31.0 Å². The second kappa shape index (κ2) is 12.4. The molecule has 1 aromatic heterocycles. The smallest absolute Gasteiger partial charge is 0.346 e. The van der Waals surface area contributed by atoms with Crippen molar-refractivity contribution in [2.45, 2.75) is 63.3 Å². The zero-order valence-corrected chi connectivity index (χ0v) is 20.5. The van der Waals surface area contributed by atoms with Crippen LogP contribution >= 0.6 is 0 Å². The normalized spacial score (nSPS) is 17.2. The third-order valence-corrected chi connectivity index (χ3v) is 6.67. The van der Waals surface area contributed by atoms with Crippen molar-refractivity contribution in [2.75, 3.05) is 25.0 Å². The number of fused-ring (bicyclic) bond motifs is 2. The van der Waals surface area contributed by atoms with Crippen molar-refractivity contribution in [1.82, 2.24) is 20.6 Å². The van der Waals surface area contributed by atoms with Gasteiger partial charge in [0.2, 0.25) is 5.91 Å². The van der Waals surface area contributed by atoms with Crippen molar-refractivity contribution in [2.24, 2.45) is 16.5 Å². The first-order valence-corrected chi connectivity index (χ1v) is 12.7. The van der Waals surface area contributed by atoms with Crippen LogP contribution in [0.25, 0.3) is 0 Å². The predicted octanol–water partition coefficient (Wildman–Crippen LogP) is 2.18. The highest BCUT2D eigenvalue weighted by molar-refractivity contribution is 5.78. The molecule has 2 fully saturated rings. The lowest BCUT2D eigenvalue weighted by molar-refractivity contribution is -0.121. The standard InChI is InChI=1S/C15H16N4O2.C10H20N4O/c20-15-17-8-13-14(19-15)18-11-7-10(1-2-12(11)21-13)9-3-5-16-6-4-9;11-10(12)13-7-6-9(15)14-8-4-2-1-3-5-8/h1-2,7-9,16H,3-6H2,(H2,17,18,19,20);8H,1-7H2,(H,14,15)(H4,11,12,13). The lowest BCUT2D eigenvalue weighted by Gasteiger charge is -2.26. The van der Waals surface area contributed by atoms with E-state index >= 15 is 0 Å². The van der Waals surface area contributed by atoms with E-state index in [1.807, 2.05) is 6.07 Å². The number of hydrogen-bond acceptors (Lipinski definition) is 7. The summed E-state index contributed by atoms with van der Waals surface area (Å²) >= 11 is 0. The van der Waals surface area contributed by atoms with E-state index in [0.29, 0.717) is 36.5 Å². The van der Waals surface area contributed by atoms with Gasteiger partial charge in [0.15, 0.2) is 23.3 Å². The highest BCUT2D eigenvalue weighted by Gasteiger charge is 2.21. The Kier molecular flexibility index (Phi) is 8.77. The molecule has 0 spiro atoms. The summed E-state index contributed by atoms with van der Waals surface area (Å²) in [5.41, 5.74) is 12.1. The summed E-state index contributed by atoms with van der Waals surface area (Å²) in [6.07, 6.45) is 10.0. The second-order valence-electron chi connectivity index (χ2n) is 9.39. The third kappa shape index (κ3) is 7.20. The fourth-order valence-electron chi connectivity index (χ4n) is 4.78. The minimum Gasteiger partial charge on any atom is -0.450 e. The summed E-state index contributed by atoms with van der Waals surface area (Å²) in [6, 6.07) is 6.59. The molecule has 194 valence electrons. The maximum Gasteiger partial charge on any atom is 0.346 e. The first-order chi connectivity index (χ1) is 17.5. The number of nitrogens with one attached hydrogen (secondary N) is 4. The Morgan fingerprint density at radius 2 is 1.89 bits per heavy atom. The van der Waals surface area contributed by atoms with Gasteiger partial charge >= 0.3 is 5.69 Å². The Hall–Kier alpha value is -3.60. The summed E-state index contributed by atoms with van der Waals surface area (Å²) in [4.78, 5) is 32.8. The molecule has 3 heterocycles. The number of aromatic amines is 1. The summed E-state index contributed by atoms with van der Waals surface area (Å²) in [6.45, 7) is 2.50. The van der Waals surface area contributed by atoms with Crippen LogP contribution in [0.5, 0.6) is 11.5 Å². The molecule has 1 aromatic carbocycles. The van der Waals surface area contributed by atoms with Gasteiger partial charge in [-0.1, -0.05) is 25.3 Å². The van der Waals surface area contributed by atoms with Gasteiger partial charge in [0.05, 0.1) is 18.4 Å². The van der Waals surface area contributed by atoms with E-state index in [4.69, 9.17) is 16.2 Å². The van der Waals surface area contributed by atoms with Gasteiger partial charge in [-0.2, -0.15) is 4.98 Å². The Balaban J connectivity index is 0.000000181. The van der Waals surface area contributed by atoms with Crippen LogP contribution in [-0.4, -0.2) is 47.5 Å². The number of H-pyrrole nitrogens is 1. The molecular weight excluding hydrogens is 460 g/mol. The monoisotopic (exact) mass is 496 g/mol. The largest absolute Gasteiger partial charge is 0.450 e. The molecule has 2 aliphatic heterocycles. The minimum atomic E-state index is -0.386. The fraction of sp³-hybridized carbons (Fsp3) is 0.520. The molecule has 11 heteroatoms. The third-order valence-electron chi connectivity index (χ3n) is 6.67. The molecule has 3 aliphatic rings. The predicted molar refractivity (Wildman–Crippen MR) is 140 cm³/mol. The average molecular weight is 497 g/mol. The van der Waals surface area contributed by atoms with Crippen molar-refractivity contribution in [3.63, 3.8) is 0 Å².